The molecule has 7 nitrogen and oxygen atoms in total. The van der Waals surface area contributed by atoms with Crippen LogP contribution in [0.5, 0.6) is 11.5 Å². The van der Waals surface area contributed by atoms with Gasteiger partial charge in [0.2, 0.25) is 5.91 Å². The molecule has 0 fully saturated rings. The van der Waals surface area contributed by atoms with E-state index in [-0.39, 0.29) is 35.8 Å². The molecule has 1 amide bonds. The van der Waals surface area contributed by atoms with Crippen LogP contribution < -0.4 is 20.1 Å². The fourth-order valence-corrected chi connectivity index (χ4v) is 2.48. The van der Waals surface area contributed by atoms with Gasteiger partial charge in [-0.15, -0.1) is 24.0 Å². The van der Waals surface area contributed by atoms with Crippen LogP contribution in [-0.2, 0) is 11.3 Å². The lowest BCUT2D eigenvalue weighted by Crippen LogP contribution is -2.42. The Morgan fingerprint density at radius 1 is 1.19 bits per heavy atom. The van der Waals surface area contributed by atoms with Crippen molar-refractivity contribution in [3.05, 3.63) is 23.8 Å². The lowest BCUT2D eigenvalue weighted by atomic mass is 10.2. The van der Waals surface area contributed by atoms with E-state index in [4.69, 9.17) is 9.47 Å². The standard InChI is InChI=1S/C18H28N4O3.HI/c1-13(2)17(23)20-7-8-21-18(19-3)22(4)12-14-5-6-15-16(11-14)25-10-9-24-15;/h5-6,11,13H,7-10,12H2,1-4H3,(H,19,21)(H,20,23);1H. The minimum atomic E-state index is -0.00260. The highest BCUT2D eigenvalue weighted by Gasteiger charge is 2.13. The van der Waals surface area contributed by atoms with Crippen molar-refractivity contribution >= 4 is 35.8 Å². The number of hydrogen-bond acceptors (Lipinski definition) is 4. The van der Waals surface area contributed by atoms with Crippen LogP contribution in [0.25, 0.3) is 0 Å². The summed E-state index contributed by atoms with van der Waals surface area (Å²) in [4.78, 5) is 17.9. The molecule has 0 radical (unpaired) electrons. The molecule has 2 rings (SSSR count). The SMILES string of the molecule is CN=C(NCCNC(=O)C(C)C)N(C)Cc1ccc2c(c1)OCCO2.I. The van der Waals surface area contributed by atoms with E-state index in [0.29, 0.717) is 32.8 Å². The van der Waals surface area contributed by atoms with Crippen molar-refractivity contribution in [1.82, 2.24) is 15.5 Å². The van der Waals surface area contributed by atoms with Crippen molar-refractivity contribution < 1.29 is 14.3 Å². The maximum Gasteiger partial charge on any atom is 0.222 e. The number of amides is 1. The number of rotatable bonds is 6. The molecular formula is C18H29IN4O3. The fraction of sp³-hybridized carbons (Fsp3) is 0.556. The van der Waals surface area contributed by atoms with Crippen molar-refractivity contribution in [1.29, 1.82) is 0 Å². The third-order valence-electron chi connectivity index (χ3n) is 3.83. The smallest absolute Gasteiger partial charge is 0.222 e. The first kappa shape index (κ1) is 22.3. The first-order valence-electron chi connectivity index (χ1n) is 8.59. The third-order valence-corrected chi connectivity index (χ3v) is 3.83. The summed E-state index contributed by atoms with van der Waals surface area (Å²) in [6.07, 6.45) is 0. The summed E-state index contributed by atoms with van der Waals surface area (Å²) in [7, 11) is 3.72. The average molecular weight is 476 g/mol. The summed E-state index contributed by atoms with van der Waals surface area (Å²) in [5, 5.41) is 6.13. The van der Waals surface area contributed by atoms with Crippen LogP contribution in [0.4, 0.5) is 0 Å². The summed E-state index contributed by atoms with van der Waals surface area (Å²) in [5.74, 6) is 2.41. The predicted octanol–water partition coefficient (Wildman–Crippen LogP) is 1.86. The Balaban J connectivity index is 0.00000338. The molecule has 1 aliphatic heterocycles. The molecule has 26 heavy (non-hydrogen) atoms. The molecule has 0 bridgehead atoms. The van der Waals surface area contributed by atoms with Gasteiger partial charge in [-0.05, 0) is 17.7 Å². The number of nitrogens with zero attached hydrogens (tertiary/aromatic N) is 2. The largest absolute Gasteiger partial charge is 0.486 e. The summed E-state index contributed by atoms with van der Waals surface area (Å²) in [6.45, 7) is 6.80. The summed E-state index contributed by atoms with van der Waals surface area (Å²) >= 11 is 0. The topological polar surface area (TPSA) is 75.2 Å². The monoisotopic (exact) mass is 476 g/mol. The molecule has 0 atom stereocenters. The normalized spacial score (nSPS) is 13.0. The van der Waals surface area contributed by atoms with Crippen molar-refractivity contribution in [3.8, 4) is 11.5 Å². The fourth-order valence-electron chi connectivity index (χ4n) is 2.48. The van der Waals surface area contributed by atoms with Crippen LogP contribution >= 0.6 is 24.0 Å². The second-order valence-corrected chi connectivity index (χ2v) is 6.25. The van der Waals surface area contributed by atoms with Gasteiger partial charge < -0.3 is 25.0 Å². The number of ether oxygens (including phenoxy) is 2. The Morgan fingerprint density at radius 2 is 1.85 bits per heavy atom. The number of carbonyl (C=O) groups excluding carboxylic acids is 1. The Hall–Kier alpha value is -1.71. The van der Waals surface area contributed by atoms with E-state index in [1.165, 1.54) is 0 Å². The lowest BCUT2D eigenvalue weighted by Gasteiger charge is -2.24. The van der Waals surface area contributed by atoms with Gasteiger partial charge in [0.15, 0.2) is 17.5 Å². The van der Waals surface area contributed by atoms with Gasteiger partial charge in [-0.1, -0.05) is 19.9 Å². The van der Waals surface area contributed by atoms with E-state index < -0.39 is 0 Å². The highest BCUT2D eigenvalue weighted by atomic mass is 127. The second-order valence-electron chi connectivity index (χ2n) is 6.25. The van der Waals surface area contributed by atoms with Crippen LogP contribution in [0.3, 0.4) is 0 Å². The van der Waals surface area contributed by atoms with E-state index in [1.54, 1.807) is 7.05 Å². The highest BCUT2D eigenvalue weighted by molar-refractivity contribution is 14.0. The molecule has 0 spiro atoms. The zero-order valence-electron chi connectivity index (χ0n) is 15.9. The van der Waals surface area contributed by atoms with E-state index in [0.717, 1.165) is 23.0 Å². The number of hydrogen-bond donors (Lipinski definition) is 2. The quantitative estimate of drug-likeness (QED) is 0.284. The predicted molar refractivity (Wildman–Crippen MR) is 114 cm³/mol. The van der Waals surface area contributed by atoms with Crippen molar-refractivity contribution in [2.24, 2.45) is 10.9 Å². The summed E-state index contributed by atoms with van der Waals surface area (Å²) in [6, 6.07) is 5.97. The van der Waals surface area contributed by atoms with E-state index in [9.17, 15) is 4.79 Å². The Morgan fingerprint density at radius 3 is 2.50 bits per heavy atom. The molecule has 0 saturated carbocycles. The maximum atomic E-state index is 11.5. The minimum Gasteiger partial charge on any atom is -0.486 e. The molecule has 0 aromatic heterocycles. The lowest BCUT2D eigenvalue weighted by molar-refractivity contribution is -0.123. The van der Waals surface area contributed by atoms with Gasteiger partial charge in [0.25, 0.3) is 0 Å². The van der Waals surface area contributed by atoms with Gasteiger partial charge >= 0.3 is 0 Å². The molecule has 1 aromatic rings. The molecule has 146 valence electrons. The number of guanidine groups is 1. The van der Waals surface area contributed by atoms with Crippen molar-refractivity contribution in [2.45, 2.75) is 20.4 Å². The van der Waals surface area contributed by atoms with Crippen molar-refractivity contribution in [2.75, 3.05) is 40.4 Å². The number of nitrogens with one attached hydrogen (secondary N) is 2. The van der Waals surface area contributed by atoms with Gasteiger partial charge in [-0.25, -0.2) is 0 Å². The Bertz CT molecular complexity index is 622. The highest BCUT2D eigenvalue weighted by Crippen LogP contribution is 2.30. The van der Waals surface area contributed by atoms with Crippen molar-refractivity contribution in [3.63, 3.8) is 0 Å². The van der Waals surface area contributed by atoms with Crippen LogP contribution in [-0.4, -0.2) is 57.2 Å². The average Bonchev–Trinajstić information content (AvgIpc) is 2.61. The maximum absolute atomic E-state index is 11.5. The molecule has 0 unspecified atom stereocenters. The number of carbonyl (C=O) groups is 1. The summed E-state index contributed by atoms with van der Waals surface area (Å²) in [5.41, 5.74) is 1.11. The molecule has 8 heteroatoms. The molecular weight excluding hydrogens is 447 g/mol. The molecule has 1 heterocycles. The van der Waals surface area contributed by atoms with Crippen LogP contribution in [0.1, 0.15) is 19.4 Å². The van der Waals surface area contributed by atoms with Crippen LogP contribution in [0, 0.1) is 5.92 Å². The first-order chi connectivity index (χ1) is 12.0. The van der Waals surface area contributed by atoms with E-state index in [2.05, 4.69) is 15.6 Å². The van der Waals surface area contributed by atoms with Gasteiger partial charge in [0.05, 0.1) is 0 Å². The Kier molecular flexibility index (Phi) is 9.53. The molecule has 2 N–H and O–H groups in total. The zero-order valence-corrected chi connectivity index (χ0v) is 18.2. The van der Waals surface area contributed by atoms with E-state index >= 15 is 0 Å². The Labute approximate surface area is 172 Å². The molecule has 1 aromatic carbocycles. The molecule has 1 aliphatic rings. The van der Waals surface area contributed by atoms with Gasteiger partial charge in [-0.3, -0.25) is 9.79 Å². The zero-order chi connectivity index (χ0) is 18.2. The van der Waals surface area contributed by atoms with Gasteiger partial charge in [-0.2, -0.15) is 0 Å². The van der Waals surface area contributed by atoms with Gasteiger partial charge in [0.1, 0.15) is 13.2 Å². The molecule has 0 aliphatic carbocycles. The van der Waals surface area contributed by atoms with Crippen LogP contribution in [0.15, 0.2) is 23.2 Å². The second kappa shape index (κ2) is 11.1. The number of halogens is 1. The minimum absolute atomic E-state index is 0. The number of benzene rings is 1. The third kappa shape index (κ3) is 6.54. The van der Waals surface area contributed by atoms with Crippen LogP contribution in [0.2, 0.25) is 0 Å². The van der Waals surface area contributed by atoms with Gasteiger partial charge in [0, 0.05) is 39.6 Å². The number of aliphatic imine (C=N–C) groups is 1. The van der Waals surface area contributed by atoms with E-state index in [1.807, 2.05) is 44.0 Å². The first-order valence-corrected chi connectivity index (χ1v) is 8.59. The summed E-state index contributed by atoms with van der Waals surface area (Å²) < 4.78 is 11.2. The molecule has 0 saturated heterocycles. The number of fused-ring (bicyclic) bond motifs is 1.